The van der Waals surface area contributed by atoms with Crippen molar-refractivity contribution in [2.75, 3.05) is 14.2 Å². The summed E-state index contributed by atoms with van der Waals surface area (Å²) in [5, 5.41) is 10.2. The van der Waals surface area contributed by atoms with Crippen molar-refractivity contribution in [2.45, 2.75) is 6.10 Å². The number of rotatable bonds is 4. The summed E-state index contributed by atoms with van der Waals surface area (Å²) < 4.78 is 23.2. The van der Waals surface area contributed by atoms with Crippen LogP contribution in [0.4, 0.5) is 4.39 Å². The summed E-state index contributed by atoms with van der Waals surface area (Å²) in [6.07, 6.45) is -0.833. The van der Waals surface area contributed by atoms with Crippen LogP contribution in [0.5, 0.6) is 11.5 Å². The van der Waals surface area contributed by atoms with Gasteiger partial charge in [-0.15, -0.1) is 0 Å². The Labute approximate surface area is 111 Å². The molecular formula is C15H15FO3. The normalized spacial score (nSPS) is 12.0. The number of benzene rings is 2. The van der Waals surface area contributed by atoms with Crippen molar-refractivity contribution in [1.82, 2.24) is 0 Å². The fourth-order valence-electron chi connectivity index (χ4n) is 1.86. The van der Waals surface area contributed by atoms with Crippen LogP contribution in [0.1, 0.15) is 17.2 Å². The molecule has 1 N–H and O–H groups in total. The summed E-state index contributed by atoms with van der Waals surface area (Å²) in [5.41, 5.74) is 1.28. The first kappa shape index (κ1) is 13.4. The van der Waals surface area contributed by atoms with Gasteiger partial charge in [0.1, 0.15) is 11.9 Å². The molecule has 0 aliphatic carbocycles. The number of hydrogen-bond donors (Lipinski definition) is 1. The van der Waals surface area contributed by atoms with Gasteiger partial charge in [0.25, 0.3) is 0 Å². The van der Waals surface area contributed by atoms with Gasteiger partial charge in [0.2, 0.25) is 0 Å². The van der Waals surface area contributed by atoms with E-state index in [2.05, 4.69) is 0 Å². The van der Waals surface area contributed by atoms with Gasteiger partial charge in [-0.05, 0) is 35.4 Å². The van der Waals surface area contributed by atoms with E-state index in [9.17, 15) is 9.50 Å². The average molecular weight is 262 g/mol. The van der Waals surface area contributed by atoms with Crippen molar-refractivity contribution in [1.29, 1.82) is 0 Å². The highest BCUT2D eigenvalue weighted by Gasteiger charge is 2.13. The minimum absolute atomic E-state index is 0.330. The summed E-state index contributed by atoms with van der Waals surface area (Å²) in [7, 11) is 3.08. The number of halogens is 1. The zero-order valence-corrected chi connectivity index (χ0v) is 10.8. The minimum atomic E-state index is -0.833. The molecule has 1 atom stereocenters. The lowest BCUT2D eigenvalue weighted by Gasteiger charge is -2.14. The molecule has 2 aromatic rings. The Bertz CT molecular complexity index is 552. The minimum Gasteiger partial charge on any atom is -0.493 e. The van der Waals surface area contributed by atoms with E-state index in [1.165, 1.54) is 19.2 Å². The summed E-state index contributed by atoms with van der Waals surface area (Å²) in [4.78, 5) is 0. The lowest BCUT2D eigenvalue weighted by atomic mass is 10.0. The molecule has 0 saturated carbocycles. The summed E-state index contributed by atoms with van der Waals surface area (Å²) >= 11 is 0. The third-order valence-electron chi connectivity index (χ3n) is 2.91. The second-order valence-corrected chi connectivity index (χ2v) is 4.07. The Kier molecular flexibility index (Phi) is 4.02. The van der Waals surface area contributed by atoms with Crippen LogP contribution in [0.3, 0.4) is 0 Å². The third kappa shape index (κ3) is 2.85. The van der Waals surface area contributed by atoms with Gasteiger partial charge >= 0.3 is 0 Å². The van der Waals surface area contributed by atoms with Gasteiger partial charge in [-0.25, -0.2) is 4.39 Å². The van der Waals surface area contributed by atoms with E-state index >= 15 is 0 Å². The standard InChI is InChI=1S/C15H15FO3/c1-18-13-8-5-11(9-14(13)19-2)15(17)10-3-6-12(16)7-4-10/h3-9,15,17H,1-2H3. The van der Waals surface area contributed by atoms with Crippen molar-refractivity contribution >= 4 is 0 Å². The quantitative estimate of drug-likeness (QED) is 0.920. The molecule has 0 fully saturated rings. The van der Waals surface area contributed by atoms with E-state index in [1.54, 1.807) is 37.4 Å². The van der Waals surface area contributed by atoms with E-state index in [0.29, 0.717) is 22.6 Å². The van der Waals surface area contributed by atoms with E-state index < -0.39 is 6.10 Å². The van der Waals surface area contributed by atoms with Crippen LogP contribution in [-0.2, 0) is 0 Å². The molecule has 2 rings (SSSR count). The van der Waals surface area contributed by atoms with Crippen LogP contribution in [0.25, 0.3) is 0 Å². The van der Waals surface area contributed by atoms with Gasteiger partial charge in [-0.1, -0.05) is 18.2 Å². The van der Waals surface area contributed by atoms with Crippen molar-refractivity contribution in [2.24, 2.45) is 0 Å². The number of ether oxygens (including phenoxy) is 2. The van der Waals surface area contributed by atoms with Crippen molar-refractivity contribution in [3.63, 3.8) is 0 Å². The lowest BCUT2D eigenvalue weighted by molar-refractivity contribution is 0.219. The van der Waals surface area contributed by atoms with Crippen molar-refractivity contribution in [3.8, 4) is 11.5 Å². The molecule has 0 radical (unpaired) electrons. The van der Waals surface area contributed by atoms with Gasteiger partial charge < -0.3 is 14.6 Å². The van der Waals surface area contributed by atoms with Gasteiger partial charge in [0.15, 0.2) is 11.5 Å². The average Bonchev–Trinajstić information content (AvgIpc) is 2.46. The van der Waals surface area contributed by atoms with Crippen molar-refractivity contribution < 1.29 is 19.0 Å². The fraction of sp³-hybridized carbons (Fsp3) is 0.200. The van der Waals surface area contributed by atoms with Gasteiger partial charge in [-0.3, -0.25) is 0 Å². The maximum absolute atomic E-state index is 12.9. The zero-order chi connectivity index (χ0) is 13.8. The predicted octanol–water partition coefficient (Wildman–Crippen LogP) is 2.92. The molecule has 1 unspecified atom stereocenters. The Morgan fingerprint density at radius 2 is 1.47 bits per heavy atom. The lowest BCUT2D eigenvalue weighted by Crippen LogP contribution is -2.01. The molecule has 0 bridgehead atoms. The summed E-state index contributed by atoms with van der Waals surface area (Å²) in [6.45, 7) is 0. The van der Waals surface area contributed by atoms with Crippen molar-refractivity contribution in [3.05, 3.63) is 59.4 Å². The summed E-state index contributed by atoms with van der Waals surface area (Å²) in [6, 6.07) is 10.9. The SMILES string of the molecule is COc1ccc(C(O)c2ccc(F)cc2)cc1OC. The van der Waals surface area contributed by atoms with E-state index in [-0.39, 0.29) is 5.82 Å². The molecule has 0 aliphatic heterocycles. The molecule has 0 aromatic heterocycles. The molecule has 19 heavy (non-hydrogen) atoms. The van der Waals surface area contributed by atoms with Crippen LogP contribution in [-0.4, -0.2) is 19.3 Å². The highest BCUT2D eigenvalue weighted by Crippen LogP contribution is 2.32. The van der Waals surface area contributed by atoms with Gasteiger partial charge in [0.05, 0.1) is 14.2 Å². The molecule has 0 saturated heterocycles. The van der Waals surface area contributed by atoms with Crippen LogP contribution < -0.4 is 9.47 Å². The Hall–Kier alpha value is -2.07. The fourth-order valence-corrected chi connectivity index (χ4v) is 1.86. The summed E-state index contributed by atoms with van der Waals surface area (Å²) in [5.74, 6) is 0.807. The van der Waals surface area contributed by atoms with Crippen LogP contribution in [0.2, 0.25) is 0 Å². The monoisotopic (exact) mass is 262 g/mol. The van der Waals surface area contributed by atoms with Gasteiger partial charge in [0, 0.05) is 0 Å². The van der Waals surface area contributed by atoms with Crippen LogP contribution in [0.15, 0.2) is 42.5 Å². The number of hydrogen-bond acceptors (Lipinski definition) is 3. The third-order valence-corrected chi connectivity index (χ3v) is 2.91. The molecule has 0 aliphatic rings. The number of methoxy groups -OCH3 is 2. The van der Waals surface area contributed by atoms with E-state index in [0.717, 1.165) is 0 Å². The molecule has 0 spiro atoms. The molecule has 0 heterocycles. The Morgan fingerprint density at radius 3 is 2.05 bits per heavy atom. The van der Waals surface area contributed by atoms with E-state index in [4.69, 9.17) is 9.47 Å². The first-order chi connectivity index (χ1) is 9.15. The molecule has 100 valence electrons. The predicted molar refractivity (Wildman–Crippen MR) is 70.0 cm³/mol. The molecular weight excluding hydrogens is 247 g/mol. The maximum atomic E-state index is 12.9. The highest BCUT2D eigenvalue weighted by atomic mass is 19.1. The molecule has 3 nitrogen and oxygen atoms in total. The maximum Gasteiger partial charge on any atom is 0.161 e. The smallest absolute Gasteiger partial charge is 0.161 e. The van der Waals surface area contributed by atoms with Gasteiger partial charge in [-0.2, -0.15) is 0 Å². The second-order valence-electron chi connectivity index (χ2n) is 4.07. The molecule has 0 amide bonds. The number of aliphatic hydroxyl groups is 1. The highest BCUT2D eigenvalue weighted by molar-refractivity contribution is 5.45. The Balaban J connectivity index is 2.33. The zero-order valence-electron chi connectivity index (χ0n) is 10.8. The first-order valence-corrected chi connectivity index (χ1v) is 5.81. The topological polar surface area (TPSA) is 38.7 Å². The first-order valence-electron chi connectivity index (χ1n) is 5.81. The van der Waals surface area contributed by atoms with Crippen LogP contribution in [0, 0.1) is 5.82 Å². The van der Waals surface area contributed by atoms with E-state index in [1.807, 2.05) is 0 Å². The Morgan fingerprint density at radius 1 is 0.895 bits per heavy atom. The molecule has 4 heteroatoms. The molecule has 2 aromatic carbocycles. The van der Waals surface area contributed by atoms with Crippen LogP contribution >= 0.6 is 0 Å². The largest absolute Gasteiger partial charge is 0.493 e. The second kappa shape index (κ2) is 5.71. The number of aliphatic hydroxyl groups excluding tert-OH is 1.